The van der Waals surface area contributed by atoms with Crippen molar-refractivity contribution < 1.29 is 9.53 Å². The standard InChI is InChI=1S/C24H15Br2Cl2NO2S2/c25-18-8-15(9-19(26)22(18)31-13-16-6-7-17(27)11-20(16)28)10-21-23(30)29(24(32)33-21)12-14-4-2-1-3-5-14/h1-11H,12-13H2/b21-10-. The second kappa shape index (κ2) is 10.9. The fourth-order valence-electron chi connectivity index (χ4n) is 3.14. The predicted molar refractivity (Wildman–Crippen MR) is 148 cm³/mol. The Morgan fingerprint density at radius 2 is 1.73 bits per heavy atom. The van der Waals surface area contributed by atoms with Gasteiger partial charge in [0.2, 0.25) is 0 Å². The van der Waals surface area contributed by atoms with Crippen LogP contribution in [0.2, 0.25) is 10.0 Å². The molecule has 0 N–H and O–H groups in total. The molecule has 1 aliphatic rings. The Labute approximate surface area is 228 Å². The Balaban J connectivity index is 1.50. The third-order valence-electron chi connectivity index (χ3n) is 4.76. The molecule has 3 nitrogen and oxygen atoms in total. The number of carbonyl (C=O) groups excluding carboxylic acids is 1. The van der Waals surface area contributed by atoms with E-state index in [1.165, 1.54) is 11.8 Å². The normalized spacial score (nSPS) is 14.9. The molecule has 1 amide bonds. The van der Waals surface area contributed by atoms with E-state index in [0.717, 1.165) is 25.6 Å². The van der Waals surface area contributed by atoms with Crippen LogP contribution in [0.5, 0.6) is 5.75 Å². The summed E-state index contributed by atoms with van der Waals surface area (Å²) >= 11 is 26.1. The van der Waals surface area contributed by atoms with Gasteiger partial charge in [0.15, 0.2) is 0 Å². The molecule has 0 atom stereocenters. The van der Waals surface area contributed by atoms with Gasteiger partial charge in [-0.2, -0.15) is 0 Å². The number of benzene rings is 3. The average Bonchev–Trinajstić information content (AvgIpc) is 3.02. The van der Waals surface area contributed by atoms with Gasteiger partial charge in [-0.1, -0.05) is 83.6 Å². The van der Waals surface area contributed by atoms with Crippen LogP contribution < -0.4 is 4.74 Å². The number of hydrogen-bond acceptors (Lipinski definition) is 4. The van der Waals surface area contributed by atoms with Gasteiger partial charge >= 0.3 is 0 Å². The first-order chi connectivity index (χ1) is 15.8. The molecule has 1 heterocycles. The third-order valence-corrected chi connectivity index (χ3v) is 7.91. The van der Waals surface area contributed by atoms with E-state index >= 15 is 0 Å². The number of ether oxygens (including phenoxy) is 1. The number of nitrogens with zero attached hydrogens (tertiary/aromatic N) is 1. The topological polar surface area (TPSA) is 29.5 Å². The Kier molecular flexibility index (Phi) is 8.20. The lowest BCUT2D eigenvalue weighted by atomic mass is 10.2. The highest BCUT2D eigenvalue weighted by Crippen LogP contribution is 2.39. The molecule has 3 aromatic carbocycles. The molecule has 1 saturated heterocycles. The minimum absolute atomic E-state index is 0.0983. The summed E-state index contributed by atoms with van der Waals surface area (Å²) in [6.07, 6.45) is 1.83. The number of halogens is 4. The van der Waals surface area contributed by atoms with Gasteiger partial charge in [0.05, 0.1) is 20.4 Å². The van der Waals surface area contributed by atoms with E-state index in [9.17, 15) is 4.79 Å². The summed E-state index contributed by atoms with van der Waals surface area (Å²) in [4.78, 5) is 15.2. The zero-order valence-corrected chi connectivity index (χ0v) is 23.2. The van der Waals surface area contributed by atoms with Gasteiger partial charge in [-0.3, -0.25) is 9.69 Å². The largest absolute Gasteiger partial charge is 0.486 e. The van der Waals surface area contributed by atoms with Crippen LogP contribution in [0.15, 0.2) is 74.5 Å². The summed E-state index contributed by atoms with van der Waals surface area (Å²) in [5, 5.41) is 1.12. The summed E-state index contributed by atoms with van der Waals surface area (Å²) < 4.78 is 8.01. The molecule has 0 aromatic heterocycles. The maximum absolute atomic E-state index is 13.0. The van der Waals surface area contributed by atoms with Crippen molar-refractivity contribution in [1.29, 1.82) is 0 Å². The number of hydrogen-bond donors (Lipinski definition) is 0. The highest BCUT2D eigenvalue weighted by Gasteiger charge is 2.32. The number of amides is 1. The minimum atomic E-state index is -0.0983. The van der Waals surface area contributed by atoms with E-state index in [-0.39, 0.29) is 12.5 Å². The van der Waals surface area contributed by atoms with E-state index in [2.05, 4.69) is 31.9 Å². The molecule has 0 unspecified atom stereocenters. The molecular weight excluding hydrogens is 629 g/mol. The van der Waals surface area contributed by atoms with Crippen LogP contribution in [-0.2, 0) is 17.9 Å². The second-order valence-corrected chi connectivity index (χ2v) is 11.3. The smallest absolute Gasteiger partial charge is 0.266 e. The van der Waals surface area contributed by atoms with Crippen molar-refractivity contribution in [3.8, 4) is 5.75 Å². The molecule has 33 heavy (non-hydrogen) atoms. The summed E-state index contributed by atoms with van der Waals surface area (Å²) in [5.74, 6) is 0.536. The van der Waals surface area contributed by atoms with Gasteiger partial charge in [0.1, 0.15) is 16.7 Å². The van der Waals surface area contributed by atoms with E-state index < -0.39 is 0 Å². The first-order valence-electron chi connectivity index (χ1n) is 9.67. The van der Waals surface area contributed by atoms with Crippen LogP contribution in [0.3, 0.4) is 0 Å². The quantitative estimate of drug-likeness (QED) is 0.199. The van der Waals surface area contributed by atoms with Crippen molar-refractivity contribution in [3.63, 3.8) is 0 Å². The first kappa shape index (κ1) is 24.8. The maximum Gasteiger partial charge on any atom is 0.266 e. The number of rotatable bonds is 6. The lowest BCUT2D eigenvalue weighted by Crippen LogP contribution is -2.27. The highest BCUT2D eigenvalue weighted by molar-refractivity contribution is 9.11. The molecular formula is C24H15Br2Cl2NO2S2. The van der Waals surface area contributed by atoms with Crippen LogP contribution >= 0.6 is 79.0 Å². The van der Waals surface area contributed by atoms with Crippen LogP contribution in [0.1, 0.15) is 16.7 Å². The highest BCUT2D eigenvalue weighted by atomic mass is 79.9. The van der Waals surface area contributed by atoms with Gasteiger partial charge in [0, 0.05) is 15.6 Å². The molecule has 9 heteroatoms. The Morgan fingerprint density at radius 3 is 2.39 bits per heavy atom. The second-order valence-electron chi connectivity index (χ2n) is 7.09. The fraction of sp³-hybridized carbons (Fsp3) is 0.0833. The molecule has 0 aliphatic carbocycles. The first-order valence-corrected chi connectivity index (χ1v) is 13.2. The van der Waals surface area contributed by atoms with Crippen molar-refractivity contribution in [1.82, 2.24) is 4.90 Å². The Bertz CT molecular complexity index is 1250. The molecule has 4 rings (SSSR count). The molecule has 1 aliphatic heterocycles. The monoisotopic (exact) mass is 641 g/mol. The van der Waals surface area contributed by atoms with Crippen LogP contribution in [-0.4, -0.2) is 15.1 Å². The molecule has 1 fully saturated rings. The summed E-state index contributed by atoms with van der Waals surface area (Å²) in [6, 6.07) is 18.9. The summed E-state index contributed by atoms with van der Waals surface area (Å²) in [6.45, 7) is 0.737. The molecule has 3 aromatic rings. The summed E-state index contributed by atoms with van der Waals surface area (Å²) in [5.41, 5.74) is 2.69. The van der Waals surface area contributed by atoms with Crippen molar-refractivity contribution in [2.75, 3.05) is 0 Å². The maximum atomic E-state index is 13.0. The third kappa shape index (κ3) is 6.02. The van der Waals surface area contributed by atoms with Crippen LogP contribution in [0, 0.1) is 0 Å². The SMILES string of the molecule is O=C1/C(=C/c2cc(Br)c(OCc3ccc(Cl)cc3Cl)c(Br)c2)SC(=S)N1Cc1ccccc1. The average molecular weight is 644 g/mol. The van der Waals surface area contributed by atoms with E-state index in [0.29, 0.717) is 31.6 Å². The number of thioether (sulfide) groups is 1. The molecule has 0 spiro atoms. The van der Waals surface area contributed by atoms with Gasteiger partial charge < -0.3 is 4.74 Å². The molecule has 0 radical (unpaired) electrons. The zero-order chi connectivity index (χ0) is 23.5. The lowest BCUT2D eigenvalue weighted by Gasteiger charge is -2.14. The van der Waals surface area contributed by atoms with Gasteiger partial charge in [-0.25, -0.2) is 0 Å². The van der Waals surface area contributed by atoms with Gasteiger partial charge in [0.25, 0.3) is 5.91 Å². The van der Waals surface area contributed by atoms with Crippen LogP contribution in [0.4, 0.5) is 0 Å². The van der Waals surface area contributed by atoms with E-state index in [1.54, 1.807) is 17.0 Å². The molecule has 0 saturated carbocycles. The van der Waals surface area contributed by atoms with Gasteiger partial charge in [-0.05, 0) is 73.3 Å². The number of thiocarbonyl (C=S) groups is 1. The van der Waals surface area contributed by atoms with Crippen molar-refractivity contribution in [3.05, 3.63) is 101 Å². The zero-order valence-electron chi connectivity index (χ0n) is 16.9. The van der Waals surface area contributed by atoms with Crippen LogP contribution in [0.25, 0.3) is 6.08 Å². The Morgan fingerprint density at radius 1 is 1.03 bits per heavy atom. The lowest BCUT2D eigenvalue weighted by molar-refractivity contribution is -0.122. The molecule has 0 bridgehead atoms. The van der Waals surface area contributed by atoms with E-state index in [4.69, 9.17) is 40.2 Å². The minimum Gasteiger partial charge on any atom is -0.486 e. The van der Waals surface area contributed by atoms with Crippen molar-refractivity contribution in [2.45, 2.75) is 13.2 Å². The molecule has 168 valence electrons. The van der Waals surface area contributed by atoms with Gasteiger partial charge in [-0.15, -0.1) is 0 Å². The predicted octanol–water partition coefficient (Wildman–Crippen LogP) is 8.50. The Hall–Kier alpha value is -1.35. The van der Waals surface area contributed by atoms with E-state index in [1.807, 2.05) is 54.6 Å². The summed E-state index contributed by atoms with van der Waals surface area (Å²) in [7, 11) is 0. The number of carbonyl (C=O) groups is 1. The van der Waals surface area contributed by atoms with Crippen molar-refractivity contribution >= 4 is 95.3 Å². The van der Waals surface area contributed by atoms with Crippen molar-refractivity contribution in [2.24, 2.45) is 0 Å². The fourth-order valence-corrected chi connectivity index (χ4v) is 6.31.